The second-order valence-electron chi connectivity index (χ2n) is 6.91. The van der Waals surface area contributed by atoms with Gasteiger partial charge in [0, 0.05) is 31.9 Å². The molecule has 9 nitrogen and oxygen atoms in total. The number of aryl methyl sites for hydroxylation is 2. The number of hydrogen-bond acceptors (Lipinski definition) is 6. The minimum absolute atomic E-state index is 0.249. The van der Waals surface area contributed by atoms with E-state index in [0.717, 1.165) is 11.3 Å². The first-order chi connectivity index (χ1) is 15.0. The number of anilines is 1. The number of rotatable bonds is 7. The first-order valence-corrected chi connectivity index (χ1v) is 9.68. The van der Waals surface area contributed by atoms with Crippen LogP contribution in [0, 0.1) is 12.7 Å². The lowest BCUT2D eigenvalue weighted by Gasteiger charge is -2.07. The molecule has 0 radical (unpaired) electrons. The second-order valence-corrected chi connectivity index (χ2v) is 6.91. The van der Waals surface area contributed by atoms with Crippen molar-refractivity contribution in [1.82, 2.24) is 35.1 Å². The average molecular weight is 420 g/mol. The van der Waals surface area contributed by atoms with Gasteiger partial charge < -0.3 is 10.6 Å². The van der Waals surface area contributed by atoms with Gasteiger partial charge in [0.25, 0.3) is 5.91 Å². The molecule has 0 bridgehead atoms. The predicted molar refractivity (Wildman–Crippen MR) is 113 cm³/mol. The van der Waals surface area contributed by atoms with E-state index in [1.54, 1.807) is 36.0 Å². The lowest BCUT2D eigenvalue weighted by Crippen LogP contribution is -2.30. The van der Waals surface area contributed by atoms with Gasteiger partial charge >= 0.3 is 0 Å². The Bertz CT molecular complexity index is 1180. The standard InChI is InChI=1S/C21H21FN8O/c1-14-9-12-30(27-14)20-8-7-19(25-26-20)23-10-11-24-21(31)18-13-17(28-29(18)2)15-3-5-16(22)6-4-15/h3-9,12-13H,10-11H2,1-2H3,(H,23,25)(H,24,31). The van der Waals surface area contributed by atoms with Gasteiger partial charge in [-0.1, -0.05) is 0 Å². The van der Waals surface area contributed by atoms with Crippen molar-refractivity contribution in [3.8, 4) is 17.1 Å². The summed E-state index contributed by atoms with van der Waals surface area (Å²) in [7, 11) is 1.69. The lowest BCUT2D eigenvalue weighted by molar-refractivity contribution is 0.0946. The summed E-state index contributed by atoms with van der Waals surface area (Å²) in [5.74, 6) is 0.655. The Kier molecular flexibility index (Phi) is 5.69. The summed E-state index contributed by atoms with van der Waals surface area (Å²) in [5, 5.41) is 22.8. The fourth-order valence-electron chi connectivity index (χ4n) is 2.98. The van der Waals surface area contributed by atoms with Crippen LogP contribution in [0.15, 0.2) is 54.7 Å². The van der Waals surface area contributed by atoms with Crippen molar-refractivity contribution in [2.75, 3.05) is 18.4 Å². The van der Waals surface area contributed by atoms with Crippen LogP contribution in [0.1, 0.15) is 16.2 Å². The number of halogens is 1. The fraction of sp³-hybridized carbons (Fsp3) is 0.190. The molecule has 10 heteroatoms. The largest absolute Gasteiger partial charge is 0.367 e. The van der Waals surface area contributed by atoms with Crippen molar-refractivity contribution in [2.45, 2.75) is 6.92 Å². The maximum atomic E-state index is 13.1. The van der Waals surface area contributed by atoms with Crippen molar-refractivity contribution in [2.24, 2.45) is 7.05 Å². The second kappa shape index (κ2) is 8.74. The summed E-state index contributed by atoms with van der Waals surface area (Å²) in [6.07, 6.45) is 1.82. The number of amides is 1. The van der Waals surface area contributed by atoms with Crippen molar-refractivity contribution >= 4 is 11.7 Å². The molecule has 1 amide bonds. The van der Waals surface area contributed by atoms with Gasteiger partial charge in [0.2, 0.25) is 0 Å². The molecular formula is C21H21FN8O. The molecule has 0 aliphatic carbocycles. The number of nitrogens with zero attached hydrogens (tertiary/aromatic N) is 6. The highest BCUT2D eigenvalue weighted by molar-refractivity contribution is 5.93. The third kappa shape index (κ3) is 4.74. The molecular weight excluding hydrogens is 399 g/mol. The predicted octanol–water partition coefficient (Wildman–Crippen LogP) is 2.35. The highest BCUT2D eigenvalue weighted by Crippen LogP contribution is 2.19. The number of hydrogen-bond donors (Lipinski definition) is 2. The normalized spacial score (nSPS) is 10.8. The van der Waals surface area contributed by atoms with E-state index in [-0.39, 0.29) is 11.7 Å². The first-order valence-electron chi connectivity index (χ1n) is 9.68. The molecule has 4 rings (SSSR count). The molecule has 0 fully saturated rings. The number of nitrogens with one attached hydrogen (secondary N) is 2. The molecule has 0 saturated heterocycles. The third-order valence-corrected chi connectivity index (χ3v) is 4.58. The van der Waals surface area contributed by atoms with Crippen LogP contribution in [0.2, 0.25) is 0 Å². The van der Waals surface area contributed by atoms with Crippen LogP contribution in [0.4, 0.5) is 10.2 Å². The Morgan fingerprint density at radius 3 is 2.52 bits per heavy atom. The summed E-state index contributed by atoms with van der Waals surface area (Å²) < 4.78 is 16.3. The highest BCUT2D eigenvalue weighted by Gasteiger charge is 2.14. The molecule has 0 spiro atoms. The SMILES string of the molecule is Cc1ccn(-c2ccc(NCCNC(=O)c3cc(-c4ccc(F)cc4)nn3C)nn2)n1. The van der Waals surface area contributed by atoms with Crippen molar-refractivity contribution in [1.29, 1.82) is 0 Å². The topological polar surface area (TPSA) is 103 Å². The molecule has 0 aliphatic heterocycles. The van der Waals surface area contributed by atoms with Crippen LogP contribution < -0.4 is 10.6 Å². The molecule has 3 aromatic heterocycles. The number of carbonyl (C=O) groups excluding carboxylic acids is 1. The molecule has 0 atom stereocenters. The Labute approximate surface area is 177 Å². The van der Waals surface area contributed by atoms with Crippen LogP contribution >= 0.6 is 0 Å². The van der Waals surface area contributed by atoms with Gasteiger partial charge in [-0.25, -0.2) is 9.07 Å². The average Bonchev–Trinajstić information content (AvgIpc) is 3.38. The van der Waals surface area contributed by atoms with Gasteiger partial charge in [0.05, 0.1) is 11.4 Å². The maximum absolute atomic E-state index is 13.1. The fourth-order valence-corrected chi connectivity index (χ4v) is 2.98. The molecule has 1 aromatic carbocycles. The third-order valence-electron chi connectivity index (χ3n) is 4.58. The number of benzene rings is 1. The Morgan fingerprint density at radius 1 is 1.03 bits per heavy atom. The highest BCUT2D eigenvalue weighted by atomic mass is 19.1. The number of aromatic nitrogens is 6. The minimum atomic E-state index is -0.319. The molecule has 0 aliphatic rings. The van der Waals surface area contributed by atoms with Crippen molar-refractivity contribution in [3.63, 3.8) is 0 Å². The summed E-state index contributed by atoms with van der Waals surface area (Å²) in [4.78, 5) is 12.5. The quantitative estimate of drug-likeness (QED) is 0.445. The zero-order valence-corrected chi connectivity index (χ0v) is 17.1. The van der Waals surface area contributed by atoms with E-state index < -0.39 is 0 Å². The van der Waals surface area contributed by atoms with Crippen LogP contribution in [0.25, 0.3) is 17.1 Å². The monoisotopic (exact) mass is 420 g/mol. The lowest BCUT2D eigenvalue weighted by atomic mass is 10.1. The van der Waals surface area contributed by atoms with E-state index in [2.05, 4.69) is 31.0 Å². The Morgan fingerprint density at radius 2 is 1.84 bits per heavy atom. The van der Waals surface area contributed by atoms with Crippen molar-refractivity contribution < 1.29 is 9.18 Å². The van der Waals surface area contributed by atoms with Gasteiger partial charge in [-0.2, -0.15) is 10.2 Å². The summed E-state index contributed by atoms with van der Waals surface area (Å²) >= 11 is 0. The molecule has 158 valence electrons. The minimum Gasteiger partial charge on any atom is -0.367 e. The summed E-state index contributed by atoms with van der Waals surface area (Å²) in [5.41, 5.74) is 2.66. The zero-order valence-electron chi connectivity index (χ0n) is 17.1. The molecule has 4 aromatic rings. The summed E-state index contributed by atoms with van der Waals surface area (Å²) in [6, 6.07) is 13.2. The zero-order chi connectivity index (χ0) is 21.8. The van der Waals surface area contributed by atoms with Gasteiger partial charge in [-0.05, 0) is 55.5 Å². The van der Waals surface area contributed by atoms with E-state index in [0.29, 0.717) is 36.1 Å². The van der Waals surface area contributed by atoms with E-state index >= 15 is 0 Å². The maximum Gasteiger partial charge on any atom is 0.269 e. The van der Waals surface area contributed by atoms with Gasteiger partial charge in [0.15, 0.2) is 5.82 Å². The van der Waals surface area contributed by atoms with Gasteiger partial charge in [0.1, 0.15) is 17.3 Å². The molecule has 0 saturated carbocycles. The van der Waals surface area contributed by atoms with Crippen LogP contribution in [-0.4, -0.2) is 48.8 Å². The summed E-state index contributed by atoms with van der Waals surface area (Å²) in [6.45, 7) is 2.77. The van der Waals surface area contributed by atoms with Crippen molar-refractivity contribution in [3.05, 3.63) is 71.9 Å². The smallest absolute Gasteiger partial charge is 0.269 e. The number of carbonyl (C=O) groups is 1. The van der Waals surface area contributed by atoms with Gasteiger partial charge in [-0.3, -0.25) is 9.48 Å². The first kappa shape index (κ1) is 20.2. The van der Waals surface area contributed by atoms with Crippen LogP contribution in [0.5, 0.6) is 0 Å². The van der Waals surface area contributed by atoms with E-state index in [9.17, 15) is 9.18 Å². The van der Waals surface area contributed by atoms with Crippen LogP contribution in [0.3, 0.4) is 0 Å². The molecule has 2 N–H and O–H groups in total. The van der Waals surface area contributed by atoms with Crippen LogP contribution in [-0.2, 0) is 7.05 Å². The Hall–Kier alpha value is -4.08. The van der Waals surface area contributed by atoms with E-state index in [1.165, 1.54) is 16.8 Å². The van der Waals surface area contributed by atoms with Gasteiger partial charge in [-0.15, -0.1) is 10.2 Å². The van der Waals surface area contributed by atoms with E-state index in [4.69, 9.17) is 0 Å². The Balaban J connectivity index is 1.29. The molecule has 3 heterocycles. The molecule has 0 unspecified atom stereocenters. The van der Waals surface area contributed by atoms with E-state index in [1.807, 2.05) is 25.3 Å². The molecule has 31 heavy (non-hydrogen) atoms.